The minimum atomic E-state index is 0.144. The van der Waals surface area contributed by atoms with E-state index in [2.05, 4.69) is 19.2 Å². The zero-order valence-corrected chi connectivity index (χ0v) is 10.4. The summed E-state index contributed by atoms with van der Waals surface area (Å²) in [7, 11) is 0. The van der Waals surface area contributed by atoms with Gasteiger partial charge < -0.3 is 5.32 Å². The standard InChI is InChI=1S/C14H21NO/c1-4-7-12(5-2)14(16)15-13-9-6-8-11(3)10-13/h6,8-10,12H,4-5,7H2,1-3H3,(H,15,16). The number of anilines is 1. The predicted molar refractivity (Wildman–Crippen MR) is 68.5 cm³/mol. The molecular weight excluding hydrogens is 198 g/mol. The summed E-state index contributed by atoms with van der Waals surface area (Å²) in [6.07, 6.45) is 2.93. The maximum atomic E-state index is 11.9. The number of carbonyl (C=O) groups is 1. The van der Waals surface area contributed by atoms with Crippen LogP contribution in [0.2, 0.25) is 0 Å². The molecule has 1 aromatic carbocycles. The molecule has 1 amide bonds. The van der Waals surface area contributed by atoms with Gasteiger partial charge >= 0.3 is 0 Å². The molecule has 0 spiro atoms. The van der Waals surface area contributed by atoms with Gasteiger partial charge in [-0.25, -0.2) is 0 Å². The highest BCUT2D eigenvalue weighted by Crippen LogP contribution is 2.15. The van der Waals surface area contributed by atoms with Crippen molar-refractivity contribution in [2.75, 3.05) is 5.32 Å². The number of hydrogen-bond acceptors (Lipinski definition) is 1. The van der Waals surface area contributed by atoms with E-state index in [0.717, 1.165) is 24.9 Å². The molecule has 2 nitrogen and oxygen atoms in total. The molecule has 0 aliphatic carbocycles. The summed E-state index contributed by atoms with van der Waals surface area (Å²) in [5.41, 5.74) is 2.07. The lowest BCUT2D eigenvalue weighted by Crippen LogP contribution is -2.22. The van der Waals surface area contributed by atoms with Crippen molar-refractivity contribution in [3.05, 3.63) is 29.8 Å². The third-order valence-corrected chi connectivity index (χ3v) is 2.79. The highest BCUT2D eigenvalue weighted by atomic mass is 16.1. The number of benzene rings is 1. The second-order valence-corrected chi connectivity index (χ2v) is 4.25. The summed E-state index contributed by atoms with van der Waals surface area (Å²) in [5, 5.41) is 2.98. The number of aryl methyl sites for hydroxylation is 1. The molecule has 1 aromatic rings. The fourth-order valence-corrected chi connectivity index (χ4v) is 1.84. The molecule has 1 rings (SSSR count). The van der Waals surface area contributed by atoms with Crippen molar-refractivity contribution in [2.45, 2.75) is 40.0 Å². The summed E-state index contributed by atoms with van der Waals surface area (Å²) in [5.74, 6) is 0.292. The monoisotopic (exact) mass is 219 g/mol. The summed E-state index contributed by atoms with van der Waals surface area (Å²) in [6, 6.07) is 7.92. The first kappa shape index (κ1) is 12.8. The van der Waals surface area contributed by atoms with Crippen molar-refractivity contribution in [1.82, 2.24) is 0 Å². The van der Waals surface area contributed by atoms with Gasteiger partial charge in [0.25, 0.3) is 0 Å². The molecule has 2 heteroatoms. The first-order valence-electron chi connectivity index (χ1n) is 6.04. The Kier molecular flexibility index (Phi) is 5.03. The van der Waals surface area contributed by atoms with Gasteiger partial charge in [0.2, 0.25) is 5.91 Å². The Hall–Kier alpha value is -1.31. The van der Waals surface area contributed by atoms with E-state index in [1.165, 1.54) is 5.56 Å². The van der Waals surface area contributed by atoms with Crippen molar-refractivity contribution < 1.29 is 4.79 Å². The number of rotatable bonds is 5. The Morgan fingerprint density at radius 1 is 1.38 bits per heavy atom. The van der Waals surface area contributed by atoms with Gasteiger partial charge in [0, 0.05) is 11.6 Å². The van der Waals surface area contributed by atoms with Crippen LogP contribution in [-0.2, 0) is 4.79 Å². The van der Waals surface area contributed by atoms with Crippen molar-refractivity contribution in [1.29, 1.82) is 0 Å². The second-order valence-electron chi connectivity index (χ2n) is 4.25. The number of carbonyl (C=O) groups excluding carboxylic acids is 1. The topological polar surface area (TPSA) is 29.1 Å². The van der Waals surface area contributed by atoms with Gasteiger partial charge in [-0.2, -0.15) is 0 Å². The normalized spacial score (nSPS) is 12.2. The molecule has 1 unspecified atom stereocenters. The van der Waals surface area contributed by atoms with Crippen LogP contribution >= 0.6 is 0 Å². The van der Waals surface area contributed by atoms with E-state index in [4.69, 9.17) is 0 Å². The van der Waals surface area contributed by atoms with Crippen LogP contribution in [0.25, 0.3) is 0 Å². The number of amides is 1. The first-order chi connectivity index (χ1) is 7.67. The molecule has 0 aromatic heterocycles. The third-order valence-electron chi connectivity index (χ3n) is 2.79. The van der Waals surface area contributed by atoms with Crippen LogP contribution in [0.1, 0.15) is 38.7 Å². The highest BCUT2D eigenvalue weighted by molar-refractivity contribution is 5.92. The lowest BCUT2D eigenvalue weighted by Gasteiger charge is -2.14. The molecular formula is C14H21NO. The fourth-order valence-electron chi connectivity index (χ4n) is 1.84. The van der Waals surface area contributed by atoms with Gasteiger partial charge in [0.05, 0.1) is 0 Å². The molecule has 0 fully saturated rings. The van der Waals surface area contributed by atoms with E-state index >= 15 is 0 Å². The first-order valence-corrected chi connectivity index (χ1v) is 6.04. The van der Waals surface area contributed by atoms with Crippen LogP contribution < -0.4 is 5.32 Å². The minimum Gasteiger partial charge on any atom is -0.326 e. The molecule has 0 heterocycles. The molecule has 16 heavy (non-hydrogen) atoms. The van der Waals surface area contributed by atoms with Gasteiger partial charge in [0.15, 0.2) is 0 Å². The predicted octanol–water partition coefficient (Wildman–Crippen LogP) is 3.76. The Balaban J connectivity index is 2.62. The molecule has 0 bridgehead atoms. The fraction of sp³-hybridized carbons (Fsp3) is 0.500. The number of nitrogens with one attached hydrogen (secondary N) is 1. The molecule has 1 atom stereocenters. The largest absolute Gasteiger partial charge is 0.326 e. The molecule has 0 aliphatic heterocycles. The van der Waals surface area contributed by atoms with Crippen molar-refractivity contribution in [3.8, 4) is 0 Å². The Morgan fingerprint density at radius 3 is 2.69 bits per heavy atom. The summed E-state index contributed by atoms with van der Waals surface area (Å²) >= 11 is 0. The van der Waals surface area contributed by atoms with E-state index in [1.807, 2.05) is 31.2 Å². The van der Waals surface area contributed by atoms with Crippen molar-refractivity contribution in [2.24, 2.45) is 5.92 Å². The van der Waals surface area contributed by atoms with E-state index in [-0.39, 0.29) is 11.8 Å². The van der Waals surface area contributed by atoms with E-state index in [0.29, 0.717) is 0 Å². The zero-order chi connectivity index (χ0) is 12.0. The van der Waals surface area contributed by atoms with Crippen LogP contribution in [0, 0.1) is 12.8 Å². The van der Waals surface area contributed by atoms with Gasteiger partial charge in [0.1, 0.15) is 0 Å². The molecule has 0 radical (unpaired) electrons. The lowest BCUT2D eigenvalue weighted by atomic mass is 10.00. The molecule has 0 saturated heterocycles. The van der Waals surface area contributed by atoms with Gasteiger partial charge in [-0.05, 0) is 37.5 Å². The van der Waals surface area contributed by atoms with Crippen LogP contribution in [0.3, 0.4) is 0 Å². The molecule has 88 valence electrons. The van der Waals surface area contributed by atoms with E-state index < -0.39 is 0 Å². The van der Waals surface area contributed by atoms with Crippen LogP contribution in [0.5, 0.6) is 0 Å². The quantitative estimate of drug-likeness (QED) is 0.802. The minimum absolute atomic E-state index is 0.144. The lowest BCUT2D eigenvalue weighted by molar-refractivity contribution is -0.120. The Morgan fingerprint density at radius 2 is 2.12 bits per heavy atom. The maximum absolute atomic E-state index is 11.9. The Labute approximate surface area is 98.1 Å². The molecule has 1 N–H and O–H groups in total. The third kappa shape index (κ3) is 3.69. The van der Waals surface area contributed by atoms with Crippen LogP contribution in [0.15, 0.2) is 24.3 Å². The van der Waals surface area contributed by atoms with Crippen molar-refractivity contribution in [3.63, 3.8) is 0 Å². The average Bonchev–Trinajstić information content (AvgIpc) is 2.25. The van der Waals surface area contributed by atoms with E-state index in [1.54, 1.807) is 0 Å². The van der Waals surface area contributed by atoms with Crippen LogP contribution in [-0.4, -0.2) is 5.91 Å². The second kappa shape index (κ2) is 6.31. The van der Waals surface area contributed by atoms with E-state index in [9.17, 15) is 4.79 Å². The smallest absolute Gasteiger partial charge is 0.227 e. The molecule has 0 aliphatic rings. The summed E-state index contributed by atoms with van der Waals surface area (Å²) in [6.45, 7) is 6.21. The van der Waals surface area contributed by atoms with Gasteiger partial charge in [-0.1, -0.05) is 32.4 Å². The van der Waals surface area contributed by atoms with Gasteiger partial charge in [-0.15, -0.1) is 0 Å². The molecule has 0 saturated carbocycles. The maximum Gasteiger partial charge on any atom is 0.227 e. The summed E-state index contributed by atoms with van der Waals surface area (Å²) in [4.78, 5) is 11.9. The SMILES string of the molecule is CCCC(CC)C(=O)Nc1cccc(C)c1. The van der Waals surface area contributed by atoms with Crippen LogP contribution in [0.4, 0.5) is 5.69 Å². The Bertz CT molecular complexity index is 346. The number of hydrogen-bond donors (Lipinski definition) is 1. The van der Waals surface area contributed by atoms with Crippen molar-refractivity contribution >= 4 is 11.6 Å². The highest BCUT2D eigenvalue weighted by Gasteiger charge is 2.15. The zero-order valence-electron chi connectivity index (χ0n) is 10.4. The average molecular weight is 219 g/mol. The summed E-state index contributed by atoms with van der Waals surface area (Å²) < 4.78 is 0. The van der Waals surface area contributed by atoms with Gasteiger partial charge in [-0.3, -0.25) is 4.79 Å².